The molecule has 1 amide bonds. The lowest BCUT2D eigenvalue weighted by Gasteiger charge is -2.16. The first-order valence-corrected chi connectivity index (χ1v) is 8.62. The maximum atomic E-state index is 12.5. The van der Waals surface area contributed by atoms with Crippen molar-refractivity contribution in [3.63, 3.8) is 0 Å². The van der Waals surface area contributed by atoms with Crippen LogP contribution in [0.3, 0.4) is 0 Å². The fraction of sp³-hybridized carbons (Fsp3) is 0.316. The third kappa shape index (κ3) is 3.52. The van der Waals surface area contributed by atoms with Crippen molar-refractivity contribution in [1.29, 1.82) is 0 Å². The summed E-state index contributed by atoms with van der Waals surface area (Å²) in [6.45, 7) is 0.801. The maximum Gasteiger partial charge on any atom is 0.251 e. The van der Waals surface area contributed by atoms with E-state index in [0.717, 1.165) is 18.5 Å². The number of nitrogens with zero attached hydrogens (tertiary/aromatic N) is 3. The van der Waals surface area contributed by atoms with Gasteiger partial charge in [-0.3, -0.25) is 4.79 Å². The van der Waals surface area contributed by atoms with Crippen LogP contribution >= 0.6 is 0 Å². The van der Waals surface area contributed by atoms with Gasteiger partial charge in [-0.15, -0.1) is 0 Å². The number of carbonyl (C=O) groups excluding carboxylic acids is 1. The first kappa shape index (κ1) is 16.5. The Labute approximate surface area is 150 Å². The number of benzene rings is 1. The molecule has 2 aromatic heterocycles. The number of carbonyl (C=O) groups is 1. The zero-order valence-corrected chi connectivity index (χ0v) is 14.2. The minimum Gasteiger partial charge on any atom is -0.444 e. The largest absolute Gasteiger partial charge is 0.444 e. The molecule has 26 heavy (non-hydrogen) atoms. The Hall–Kier alpha value is -2.93. The van der Waals surface area contributed by atoms with Gasteiger partial charge in [0.15, 0.2) is 12.2 Å². The van der Waals surface area contributed by atoms with Crippen LogP contribution in [-0.2, 0) is 6.54 Å². The third-order valence-electron chi connectivity index (χ3n) is 4.84. The zero-order chi connectivity index (χ0) is 17.9. The molecule has 3 atom stereocenters. The van der Waals surface area contributed by atoms with Gasteiger partial charge in [0.25, 0.3) is 5.91 Å². The fourth-order valence-corrected chi connectivity index (χ4v) is 3.51. The van der Waals surface area contributed by atoms with Crippen LogP contribution < -0.4 is 5.32 Å². The van der Waals surface area contributed by atoms with Crippen molar-refractivity contribution >= 4 is 5.91 Å². The van der Waals surface area contributed by atoms with E-state index in [2.05, 4.69) is 15.3 Å². The van der Waals surface area contributed by atoms with Crippen LogP contribution in [0.4, 0.5) is 0 Å². The second-order valence-electron chi connectivity index (χ2n) is 6.69. The fourth-order valence-electron chi connectivity index (χ4n) is 3.51. The maximum absolute atomic E-state index is 12.5. The van der Waals surface area contributed by atoms with Gasteiger partial charge in [-0.25, -0.2) is 9.97 Å². The third-order valence-corrected chi connectivity index (χ3v) is 4.84. The molecule has 1 aromatic carbocycles. The van der Waals surface area contributed by atoms with E-state index in [4.69, 9.17) is 4.42 Å². The van der Waals surface area contributed by atoms with Gasteiger partial charge in [-0.05, 0) is 30.9 Å². The predicted octanol–water partition coefficient (Wildman–Crippen LogP) is 2.11. The molecule has 1 aliphatic carbocycles. The van der Waals surface area contributed by atoms with Crippen LogP contribution in [0.2, 0.25) is 0 Å². The number of rotatable bonds is 5. The predicted molar refractivity (Wildman–Crippen MR) is 94.2 cm³/mol. The summed E-state index contributed by atoms with van der Waals surface area (Å²) in [6, 6.07) is 6.91. The molecule has 0 saturated heterocycles. The molecule has 3 aromatic rings. The Morgan fingerprint density at radius 2 is 2.12 bits per heavy atom. The number of imidazole rings is 1. The van der Waals surface area contributed by atoms with Crippen molar-refractivity contribution < 1.29 is 14.3 Å². The molecule has 1 fully saturated rings. The number of hydrogen-bond acceptors (Lipinski definition) is 5. The smallest absolute Gasteiger partial charge is 0.251 e. The molecule has 1 saturated carbocycles. The highest BCUT2D eigenvalue weighted by Crippen LogP contribution is 2.28. The molecular formula is C19H20N4O3. The quantitative estimate of drug-likeness (QED) is 0.733. The van der Waals surface area contributed by atoms with Gasteiger partial charge >= 0.3 is 0 Å². The summed E-state index contributed by atoms with van der Waals surface area (Å²) in [5, 5.41) is 13.3. The molecular weight excluding hydrogens is 332 g/mol. The molecule has 7 nitrogen and oxygen atoms in total. The van der Waals surface area contributed by atoms with Crippen molar-refractivity contribution in [3.8, 4) is 11.3 Å². The molecule has 2 N–H and O–H groups in total. The van der Waals surface area contributed by atoms with Gasteiger partial charge in [0.05, 0.1) is 24.7 Å². The van der Waals surface area contributed by atoms with Crippen molar-refractivity contribution in [2.75, 3.05) is 0 Å². The zero-order valence-electron chi connectivity index (χ0n) is 14.2. The average molecular weight is 352 g/mol. The van der Waals surface area contributed by atoms with E-state index in [0.29, 0.717) is 23.7 Å². The molecule has 7 heteroatoms. The molecule has 0 bridgehead atoms. The Morgan fingerprint density at radius 1 is 1.27 bits per heavy atom. The average Bonchev–Trinajstić information content (AvgIpc) is 3.39. The van der Waals surface area contributed by atoms with Crippen molar-refractivity contribution in [1.82, 2.24) is 19.9 Å². The summed E-state index contributed by atoms with van der Waals surface area (Å²) in [6.07, 6.45) is 9.33. The van der Waals surface area contributed by atoms with E-state index in [9.17, 15) is 9.90 Å². The van der Waals surface area contributed by atoms with E-state index >= 15 is 0 Å². The molecule has 0 aliphatic heterocycles. The highest BCUT2D eigenvalue weighted by Gasteiger charge is 2.34. The molecule has 2 heterocycles. The van der Waals surface area contributed by atoms with Crippen LogP contribution in [0, 0.1) is 5.92 Å². The summed E-state index contributed by atoms with van der Waals surface area (Å²) in [5.74, 6) is 0.797. The van der Waals surface area contributed by atoms with Crippen LogP contribution in [0.25, 0.3) is 11.3 Å². The van der Waals surface area contributed by atoms with E-state index < -0.39 is 6.10 Å². The highest BCUT2D eigenvalue weighted by atomic mass is 16.3. The Kier molecular flexibility index (Phi) is 4.53. The topological polar surface area (TPSA) is 93.2 Å². The Morgan fingerprint density at radius 3 is 2.81 bits per heavy atom. The summed E-state index contributed by atoms with van der Waals surface area (Å²) in [5.41, 5.74) is 1.42. The normalized spacial score (nSPS) is 22.4. The van der Waals surface area contributed by atoms with E-state index in [1.165, 1.54) is 6.39 Å². The highest BCUT2D eigenvalue weighted by molar-refractivity contribution is 5.94. The minimum atomic E-state index is -0.527. The van der Waals surface area contributed by atoms with Crippen molar-refractivity contribution in [2.45, 2.75) is 31.5 Å². The summed E-state index contributed by atoms with van der Waals surface area (Å²) in [7, 11) is 0. The first-order valence-electron chi connectivity index (χ1n) is 8.62. The molecule has 4 rings (SSSR count). The molecule has 0 spiro atoms. The van der Waals surface area contributed by atoms with Crippen LogP contribution in [0.15, 0.2) is 60.0 Å². The van der Waals surface area contributed by atoms with Gasteiger partial charge in [-0.1, -0.05) is 12.1 Å². The van der Waals surface area contributed by atoms with Gasteiger partial charge < -0.3 is 19.4 Å². The Balaban J connectivity index is 1.37. The SMILES string of the molecule is O=C(N[C@@H]1CC(Cn2ccnc2)C[C@H]1O)c1ccc(-c2cnco2)cc1. The lowest BCUT2D eigenvalue weighted by atomic mass is 10.1. The summed E-state index contributed by atoms with van der Waals surface area (Å²) < 4.78 is 7.25. The lowest BCUT2D eigenvalue weighted by Crippen LogP contribution is -2.39. The summed E-state index contributed by atoms with van der Waals surface area (Å²) in [4.78, 5) is 20.4. The number of aliphatic hydroxyl groups excluding tert-OH is 1. The number of nitrogens with one attached hydrogen (secondary N) is 1. The summed E-state index contributed by atoms with van der Waals surface area (Å²) >= 11 is 0. The van der Waals surface area contributed by atoms with Crippen LogP contribution in [0.5, 0.6) is 0 Å². The number of hydrogen-bond donors (Lipinski definition) is 2. The Bertz CT molecular complexity index is 844. The lowest BCUT2D eigenvalue weighted by molar-refractivity contribution is 0.0873. The van der Waals surface area contributed by atoms with Gasteiger partial charge in [-0.2, -0.15) is 0 Å². The first-order chi connectivity index (χ1) is 12.7. The van der Waals surface area contributed by atoms with E-state index in [1.54, 1.807) is 30.9 Å². The van der Waals surface area contributed by atoms with Crippen LogP contribution in [-0.4, -0.2) is 37.7 Å². The molecule has 0 radical (unpaired) electrons. The van der Waals surface area contributed by atoms with E-state index in [1.807, 2.05) is 22.9 Å². The second-order valence-corrected chi connectivity index (χ2v) is 6.69. The minimum absolute atomic E-state index is 0.179. The van der Waals surface area contributed by atoms with Gasteiger partial charge in [0.2, 0.25) is 0 Å². The van der Waals surface area contributed by atoms with Crippen molar-refractivity contribution in [2.24, 2.45) is 5.92 Å². The molecule has 1 unspecified atom stereocenters. The molecule has 1 aliphatic rings. The van der Waals surface area contributed by atoms with Gasteiger partial charge in [0.1, 0.15) is 0 Å². The van der Waals surface area contributed by atoms with E-state index in [-0.39, 0.29) is 11.9 Å². The number of aromatic nitrogens is 3. The van der Waals surface area contributed by atoms with Gasteiger partial charge in [0, 0.05) is 30.1 Å². The standard InChI is InChI=1S/C19H20N4O3/c24-17-8-13(10-23-6-5-20-11-23)7-16(17)22-19(25)15-3-1-14(2-4-15)18-9-21-12-26-18/h1-6,9,11-13,16-17,24H,7-8,10H2,(H,22,25)/t13?,16-,17-/m1/s1. The molecule has 134 valence electrons. The number of amides is 1. The second kappa shape index (κ2) is 7.13. The monoisotopic (exact) mass is 352 g/mol. The number of aliphatic hydroxyl groups is 1. The van der Waals surface area contributed by atoms with Crippen LogP contribution in [0.1, 0.15) is 23.2 Å². The van der Waals surface area contributed by atoms with Crippen molar-refractivity contribution in [3.05, 3.63) is 61.1 Å². The number of oxazole rings is 1.